The van der Waals surface area contributed by atoms with Crippen molar-refractivity contribution in [3.63, 3.8) is 0 Å². The normalized spacial score (nSPS) is 19.3. The standard InChI is InChI=1S/C24H35Si2.4ClH.Zr/c1-15-16(2)21(24(4,5)17(15)3)20-18-13-12-14-19(18)22(25(6,7)8)23(20)26(9,10)11;;;;;/h13-14H,1-11H3;4*1H;/q-1;;;;;+4/p-4. The second-order valence-corrected chi connectivity index (χ2v) is 20.8. The SMILES string of the molecule is CC1=C(C)C(C)(C)C(C2=C([Si](C)(C)C)C([Si](C)(C)C)=C3C=[C-]C=C32)=C1C.[Cl-].[Cl-].[Cl-].[Cl-].[Zr+4]. The van der Waals surface area contributed by atoms with Gasteiger partial charge in [-0.15, -0.1) is 5.20 Å². The van der Waals surface area contributed by atoms with Crippen molar-refractivity contribution in [2.45, 2.75) is 73.9 Å². The van der Waals surface area contributed by atoms with Crippen LogP contribution in [0.25, 0.3) is 0 Å². The minimum Gasteiger partial charge on any atom is -1.00 e. The maximum atomic E-state index is 3.44. The second-order valence-electron chi connectivity index (χ2n) is 10.8. The van der Waals surface area contributed by atoms with Crippen molar-refractivity contribution < 1.29 is 75.8 Å². The summed E-state index contributed by atoms with van der Waals surface area (Å²) in [7, 11) is -2.98. The van der Waals surface area contributed by atoms with E-state index in [1.54, 1.807) is 21.5 Å². The first-order chi connectivity index (χ1) is 11.7. The molecule has 0 amide bonds. The van der Waals surface area contributed by atoms with Gasteiger partial charge in [-0.25, -0.2) is 0 Å². The summed E-state index contributed by atoms with van der Waals surface area (Å²) in [6.45, 7) is 27.0. The maximum Gasteiger partial charge on any atom is 4.00 e. The van der Waals surface area contributed by atoms with Gasteiger partial charge in [0.05, 0.1) is 16.1 Å². The average Bonchev–Trinajstić information content (AvgIpc) is 3.07. The van der Waals surface area contributed by atoms with Crippen LogP contribution in [0, 0.1) is 11.5 Å². The van der Waals surface area contributed by atoms with Crippen LogP contribution in [-0.4, -0.2) is 16.1 Å². The van der Waals surface area contributed by atoms with Crippen molar-refractivity contribution in [1.29, 1.82) is 0 Å². The van der Waals surface area contributed by atoms with Crippen LogP contribution in [-0.2, 0) is 26.2 Å². The van der Waals surface area contributed by atoms with Crippen molar-refractivity contribution in [2.24, 2.45) is 5.41 Å². The van der Waals surface area contributed by atoms with Gasteiger partial charge in [-0.3, -0.25) is 0 Å². The molecule has 0 aromatic rings. The molecule has 0 radical (unpaired) electrons. The fraction of sp³-hybridized carbons (Fsp3) is 0.500. The van der Waals surface area contributed by atoms with Crippen LogP contribution in [0.5, 0.6) is 0 Å². The van der Waals surface area contributed by atoms with Crippen LogP contribution in [0.1, 0.15) is 34.6 Å². The summed E-state index contributed by atoms with van der Waals surface area (Å²) in [4.78, 5) is 0. The Hall–Kier alpha value is 0.917. The Kier molecular flexibility index (Phi) is 13.6. The van der Waals surface area contributed by atoms with E-state index in [4.69, 9.17) is 0 Å². The number of allylic oxidation sites excluding steroid dienone is 12. The molecule has 0 bridgehead atoms. The Balaban J connectivity index is -0.00000157. The van der Waals surface area contributed by atoms with Crippen LogP contribution in [0.3, 0.4) is 0 Å². The van der Waals surface area contributed by atoms with E-state index in [0.29, 0.717) is 0 Å². The van der Waals surface area contributed by atoms with E-state index in [2.05, 4.69) is 92.1 Å². The Morgan fingerprint density at radius 3 is 1.55 bits per heavy atom. The van der Waals surface area contributed by atoms with Gasteiger partial charge in [-0.1, -0.05) is 69.5 Å². The average molecular weight is 613 g/mol. The predicted octanol–water partition coefficient (Wildman–Crippen LogP) is -4.65. The Morgan fingerprint density at radius 1 is 0.742 bits per heavy atom. The van der Waals surface area contributed by atoms with Crippen LogP contribution < -0.4 is 49.6 Å². The largest absolute Gasteiger partial charge is 4.00 e. The third kappa shape index (κ3) is 5.77. The molecule has 0 saturated carbocycles. The van der Waals surface area contributed by atoms with E-state index >= 15 is 0 Å². The number of rotatable bonds is 3. The van der Waals surface area contributed by atoms with Gasteiger partial charge in [0.1, 0.15) is 0 Å². The third-order valence-corrected chi connectivity index (χ3v) is 10.9. The second kappa shape index (κ2) is 11.6. The Morgan fingerprint density at radius 2 is 1.19 bits per heavy atom. The van der Waals surface area contributed by atoms with Gasteiger partial charge in [-0.2, -0.15) is 29.4 Å². The van der Waals surface area contributed by atoms with Crippen LogP contribution in [0.15, 0.2) is 61.6 Å². The van der Waals surface area contributed by atoms with Crippen LogP contribution >= 0.6 is 0 Å². The minimum atomic E-state index is -1.51. The molecule has 0 saturated heterocycles. The summed E-state index contributed by atoms with van der Waals surface area (Å²) >= 11 is 0. The molecule has 0 heterocycles. The first kappa shape index (κ1) is 36.5. The summed E-state index contributed by atoms with van der Waals surface area (Å²) in [5.74, 6) is 0. The predicted molar refractivity (Wildman–Crippen MR) is 121 cm³/mol. The van der Waals surface area contributed by atoms with E-state index in [0.717, 1.165) is 0 Å². The molecule has 0 fully saturated rings. The number of fused-ring (bicyclic) bond motifs is 1. The van der Waals surface area contributed by atoms with E-state index in [1.807, 2.05) is 0 Å². The zero-order valence-corrected chi connectivity index (χ0v) is 28.1. The fourth-order valence-corrected chi connectivity index (χ4v) is 11.1. The molecule has 172 valence electrons. The molecule has 31 heavy (non-hydrogen) atoms. The molecule has 0 N–H and O–H groups in total. The molecular weight excluding hydrogens is 577 g/mol. The molecule has 0 nitrogen and oxygen atoms in total. The third-order valence-electron chi connectivity index (χ3n) is 6.60. The van der Waals surface area contributed by atoms with Gasteiger partial charge >= 0.3 is 26.2 Å². The molecule has 0 unspecified atom stereocenters. The van der Waals surface area contributed by atoms with Gasteiger partial charge in [0.15, 0.2) is 0 Å². The van der Waals surface area contributed by atoms with Crippen molar-refractivity contribution >= 4 is 16.1 Å². The van der Waals surface area contributed by atoms with Gasteiger partial charge in [0.25, 0.3) is 0 Å². The van der Waals surface area contributed by atoms with E-state index < -0.39 is 16.1 Å². The number of halogens is 4. The van der Waals surface area contributed by atoms with Crippen molar-refractivity contribution in [3.05, 3.63) is 67.6 Å². The van der Waals surface area contributed by atoms with E-state index in [9.17, 15) is 0 Å². The van der Waals surface area contributed by atoms with E-state index in [1.165, 1.54) is 27.9 Å². The van der Waals surface area contributed by atoms with E-state index in [-0.39, 0.29) is 81.2 Å². The molecule has 0 spiro atoms. The molecule has 7 heteroatoms. The molecule has 0 atom stereocenters. The smallest absolute Gasteiger partial charge is 1.00 e. The van der Waals surface area contributed by atoms with Gasteiger partial charge in [0.2, 0.25) is 0 Å². The molecular formula is C24H35Cl4Si2Zr-. The topological polar surface area (TPSA) is 0 Å². The summed E-state index contributed by atoms with van der Waals surface area (Å²) in [6.07, 6.45) is 7.96. The molecule has 0 aromatic carbocycles. The fourth-order valence-electron chi connectivity index (χ4n) is 5.05. The van der Waals surface area contributed by atoms with Crippen molar-refractivity contribution in [1.82, 2.24) is 0 Å². The summed E-state index contributed by atoms with van der Waals surface area (Å²) in [5, 5.41) is 3.45. The minimum absolute atomic E-state index is 0. The zero-order valence-electron chi connectivity index (χ0n) is 20.7. The maximum absolute atomic E-state index is 3.44. The van der Waals surface area contributed by atoms with Crippen LogP contribution in [0.4, 0.5) is 0 Å². The van der Waals surface area contributed by atoms with Crippen LogP contribution in [0.2, 0.25) is 39.3 Å². The Bertz CT molecular complexity index is 903. The molecule has 3 aliphatic carbocycles. The molecule has 0 aromatic heterocycles. The van der Waals surface area contributed by atoms with Gasteiger partial charge in [-0.05, 0) is 37.5 Å². The monoisotopic (exact) mass is 609 g/mol. The molecule has 3 rings (SSSR count). The number of hydrogen-bond donors (Lipinski definition) is 0. The van der Waals surface area contributed by atoms with Crippen molar-refractivity contribution in [2.75, 3.05) is 0 Å². The quantitative estimate of drug-likeness (QED) is 0.222. The summed E-state index contributed by atoms with van der Waals surface area (Å²) < 4.78 is 0. The van der Waals surface area contributed by atoms with Crippen molar-refractivity contribution in [3.8, 4) is 0 Å². The summed E-state index contributed by atoms with van der Waals surface area (Å²) in [5.41, 5.74) is 10.8. The first-order valence-corrected chi connectivity index (χ1v) is 16.9. The Labute approximate surface area is 237 Å². The first-order valence-electron chi connectivity index (χ1n) is 9.90. The molecule has 3 aliphatic rings. The summed E-state index contributed by atoms with van der Waals surface area (Å²) in [6, 6.07) is 0. The van der Waals surface area contributed by atoms with Gasteiger partial charge in [0, 0.05) is 5.41 Å². The molecule has 0 aliphatic heterocycles. The zero-order chi connectivity index (χ0) is 19.8. The number of hydrogen-bond acceptors (Lipinski definition) is 0. The van der Waals surface area contributed by atoms with Gasteiger partial charge < -0.3 is 49.6 Å².